The van der Waals surface area contributed by atoms with Crippen molar-refractivity contribution in [1.82, 2.24) is 4.90 Å². The van der Waals surface area contributed by atoms with Crippen molar-refractivity contribution in [2.75, 3.05) is 32.5 Å². The van der Waals surface area contributed by atoms with Crippen molar-refractivity contribution in [3.05, 3.63) is 23.8 Å². The van der Waals surface area contributed by atoms with Crippen LogP contribution in [0.15, 0.2) is 18.2 Å². The van der Waals surface area contributed by atoms with Gasteiger partial charge in [-0.25, -0.2) is 0 Å². The zero-order chi connectivity index (χ0) is 13.4. The van der Waals surface area contributed by atoms with Gasteiger partial charge in [-0.2, -0.15) is 0 Å². The highest BCUT2D eigenvalue weighted by Gasteiger charge is 2.05. The number of methoxy groups -OCH3 is 1. The van der Waals surface area contributed by atoms with Crippen molar-refractivity contribution in [2.24, 2.45) is 0 Å². The summed E-state index contributed by atoms with van der Waals surface area (Å²) in [5.74, 6) is 0.762. The molecule has 0 saturated heterocycles. The fraction of sp³-hybridized carbons (Fsp3) is 0.600. The first-order valence-electron chi connectivity index (χ1n) is 6.86. The first-order chi connectivity index (χ1) is 8.71. The van der Waals surface area contributed by atoms with Crippen LogP contribution in [0.5, 0.6) is 5.75 Å². The predicted octanol–water partition coefficient (Wildman–Crippen LogP) is 2.94. The van der Waals surface area contributed by atoms with Crippen molar-refractivity contribution in [3.8, 4) is 5.75 Å². The van der Waals surface area contributed by atoms with Gasteiger partial charge < -0.3 is 15.4 Å². The van der Waals surface area contributed by atoms with Gasteiger partial charge in [0.05, 0.1) is 12.8 Å². The number of ether oxygens (including phenoxy) is 1. The van der Waals surface area contributed by atoms with Gasteiger partial charge in [0.2, 0.25) is 0 Å². The van der Waals surface area contributed by atoms with Crippen molar-refractivity contribution in [3.63, 3.8) is 0 Å². The van der Waals surface area contributed by atoms with E-state index in [1.54, 1.807) is 7.11 Å². The van der Waals surface area contributed by atoms with E-state index < -0.39 is 0 Å². The van der Waals surface area contributed by atoms with Crippen molar-refractivity contribution < 1.29 is 4.74 Å². The van der Waals surface area contributed by atoms with Crippen LogP contribution in [0, 0.1) is 0 Å². The van der Waals surface area contributed by atoms with Crippen LogP contribution in [0.4, 0.5) is 5.69 Å². The smallest absolute Gasteiger partial charge is 0.141 e. The first kappa shape index (κ1) is 14.8. The molecule has 3 nitrogen and oxygen atoms in total. The lowest BCUT2D eigenvalue weighted by Gasteiger charge is -2.21. The molecule has 18 heavy (non-hydrogen) atoms. The van der Waals surface area contributed by atoms with E-state index in [1.165, 1.54) is 31.5 Å². The minimum absolute atomic E-state index is 0.729. The summed E-state index contributed by atoms with van der Waals surface area (Å²) in [4.78, 5) is 2.51. The molecule has 0 saturated carbocycles. The number of nitrogens with zero attached hydrogens (tertiary/aromatic N) is 1. The molecule has 0 unspecified atom stereocenters. The summed E-state index contributed by atoms with van der Waals surface area (Å²) < 4.78 is 5.17. The van der Waals surface area contributed by atoms with Crippen LogP contribution < -0.4 is 10.5 Å². The monoisotopic (exact) mass is 250 g/mol. The van der Waals surface area contributed by atoms with Crippen LogP contribution in [-0.2, 0) is 6.42 Å². The van der Waals surface area contributed by atoms with E-state index in [1.807, 2.05) is 12.1 Å². The van der Waals surface area contributed by atoms with E-state index in [2.05, 4.69) is 24.8 Å². The van der Waals surface area contributed by atoms with Crippen LogP contribution >= 0.6 is 0 Å². The van der Waals surface area contributed by atoms with Gasteiger partial charge in [0, 0.05) is 6.54 Å². The highest BCUT2D eigenvalue weighted by Crippen LogP contribution is 2.22. The quantitative estimate of drug-likeness (QED) is 0.721. The molecule has 0 aliphatic heterocycles. The molecule has 3 heteroatoms. The molecule has 0 heterocycles. The number of hydrogen-bond acceptors (Lipinski definition) is 3. The highest BCUT2D eigenvalue weighted by molar-refractivity contribution is 5.54. The Bertz CT molecular complexity index is 346. The maximum atomic E-state index is 5.92. The van der Waals surface area contributed by atoms with Crippen molar-refractivity contribution in [2.45, 2.75) is 33.1 Å². The van der Waals surface area contributed by atoms with Gasteiger partial charge in [0.1, 0.15) is 5.75 Å². The SMILES string of the molecule is CCCN(CCC)CCc1ccc(OC)c(N)c1. The number of rotatable bonds is 8. The van der Waals surface area contributed by atoms with E-state index in [0.29, 0.717) is 0 Å². The molecule has 102 valence electrons. The van der Waals surface area contributed by atoms with Crippen molar-refractivity contribution >= 4 is 5.69 Å². The van der Waals surface area contributed by atoms with Crippen LogP contribution in [-0.4, -0.2) is 31.6 Å². The molecule has 1 rings (SSSR count). The van der Waals surface area contributed by atoms with E-state index in [4.69, 9.17) is 10.5 Å². The van der Waals surface area contributed by atoms with Gasteiger partial charge in [-0.05, 0) is 50.0 Å². The maximum absolute atomic E-state index is 5.92. The van der Waals surface area contributed by atoms with E-state index in [9.17, 15) is 0 Å². The average molecular weight is 250 g/mol. The molecule has 1 aromatic rings. The Labute approximate surface area is 111 Å². The fourth-order valence-electron chi connectivity index (χ4n) is 2.19. The van der Waals surface area contributed by atoms with Gasteiger partial charge in [-0.3, -0.25) is 0 Å². The van der Waals surface area contributed by atoms with Gasteiger partial charge in [-0.15, -0.1) is 0 Å². The lowest BCUT2D eigenvalue weighted by Crippen LogP contribution is -2.27. The van der Waals surface area contributed by atoms with Crippen LogP contribution in [0.1, 0.15) is 32.3 Å². The first-order valence-corrected chi connectivity index (χ1v) is 6.86. The molecule has 1 aromatic carbocycles. The molecular formula is C15H26N2O. The maximum Gasteiger partial charge on any atom is 0.141 e. The average Bonchev–Trinajstić information content (AvgIpc) is 2.36. The van der Waals surface area contributed by atoms with E-state index in [-0.39, 0.29) is 0 Å². The third-order valence-electron chi connectivity index (χ3n) is 3.09. The Balaban J connectivity index is 2.53. The number of hydrogen-bond donors (Lipinski definition) is 1. The highest BCUT2D eigenvalue weighted by atomic mass is 16.5. The lowest BCUT2D eigenvalue weighted by atomic mass is 10.1. The second kappa shape index (κ2) is 7.98. The molecule has 2 N–H and O–H groups in total. The van der Waals surface area contributed by atoms with Gasteiger partial charge in [-0.1, -0.05) is 19.9 Å². The topological polar surface area (TPSA) is 38.5 Å². The second-order valence-corrected chi connectivity index (χ2v) is 4.67. The number of benzene rings is 1. The number of nitrogen functional groups attached to an aromatic ring is 1. The number of nitrogens with two attached hydrogens (primary N) is 1. The number of anilines is 1. The molecule has 0 bridgehead atoms. The standard InChI is InChI=1S/C15H26N2O/c1-4-9-17(10-5-2)11-8-13-6-7-15(18-3)14(16)12-13/h6-7,12H,4-5,8-11,16H2,1-3H3. The summed E-state index contributed by atoms with van der Waals surface area (Å²) in [5, 5.41) is 0. The Morgan fingerprint density at radius 2 is 1.78 bits per heavy atom. The largest absolute Gasteiger partial charge is 0.495 e. The Morgan fingerprint density at radius 3 is 2.28 bits per heavy atom. The Kier molecular flexibility index (Phi) is 6.58. The lowest BCUT2D eigenvalue weighted by molar-refractivity contribution is 0.278. The molecule has 0 amide bonds. The van der Waals surface area contributed by atoms with Gasteiger partial charge in [0.15, 0.2) is 0 Å². The molecule has 0 radical (unpaired) electrons. The van der Waals surface area contributed by atoms with Crippen LogP contribution in [0.2, 0.25) is 0 Å². The third kappa shape index (κ3) is 4.57. The van der Waals surface area contributed by atoms with E-state index >= 15 is 0 Å². The zero-order valence-electron chi connectivity index (χ0n) is 11.9. The minimum atomic E-state index is 0.729. The van der Waals surface area contributed by atoms with E-state index in [0.717, 1.165) is 24.4 Å². The van der Waals surface area contributed by atoms with Gasteiger partial charge >= 0.3 is 0 Å². The third-order valence-corrected chi connectivity index (χ3v) is 3.09. The van der Waals surface area contributed by atoms with Crippen LogP contribution in [0.25, 0.3) is 0 Å². The van der Waals surface area contributed by atoms with Gasteiger partial charge in [0.25, 0.3) is 0 Å². The molecule has 0 fully saturated rings. The second-order valence-electron chi connectivity index (χ2n) is 4.67. The molecular weight excluding hydrogens is 224 g/mol. The molecule has 0 aliphatic rings. The molecule has 0 atom stereocenters. The molecule has 0 spiro atoms. The molecule has 0 aromatic heterocycles. The summed E-state index contributed by atoms with van der Waals surface area (Å²) in [6.45, 7) is 7.93. The summed E-state index contributed by atoms with van der Waals surface area (Å²) in [5.41, 5.74) is 7.93. The molecule has 0 aliphatic carbocycles. The Hall–Kier alpha value is -1.22. The predicted molar refractivity (Wildman–Crippen MR) is 78.1 cm³/mol. The summed E-state index contributed by atoms with van der Waals surface area (Å²) >= 11 is 0. The summed E-state index contributed by atoms with van der Waals surface area (Å²) in [7, 11) is 1.65. The normalized spacial score (nSPS) is 10.9. The summed E-state index contributed by atoms with van der Waals surface area (Å²) in [6, 6.07) is 6.08. The fourth-order valence-corrected chi connectivity index (χ4v) is 2.19. The summed E-state index contributed by atoms with van der Waals surface area (Å²) in [6.07, 6.45) is 3.48. The zero-order valence-corrected chi connectivity index (χ0v) is 11.9. The Morgan fingerprint density at radius 1 is 1.11 bits per heavy atom. The minimum Gasteiger partial charge on any atom is -0.495 e. The van der Waals surface area contributed by atoms with Crippen LogP contribution in [0.3, 0.4) is 0 Å². The van der Waals surface area contributed by atoms with Crippen molar-refractivity contribution in [1.29, 1.82) is 0 Å².